The van der Waals surface area contributed by atoms with Gasteiger partial charge in [-0.1, -0.05) is 0 Å². The summed E-state index contributed by atoms with van der Waals surface area (Å²) in [6.07, 6.45) is 1.52. The lowest BCUT2D eigenvalue weighted by Crippen LogP contribution is -1.98. The molecule has 0 saturated heterocycles. The number of anilines is 3. The van der Waals surface area contributed by atoms with Crippen LogP contribution in [-0.2, 0) is 0 Å². The third-order valence-electron chi connectivity index (χ3n) is 3.04. The summed E-state index contributed by atoms with van der Waals surface area (Å²) in [5.41, 5.74) is 7.10. The first kappa shape index (κ1) is 12.2. The van der Waals surface area contributed by atoms with Crippen molar-refractivity contribution in [2.75, 3.05) is 11.1 Å². The maximum absolute atomic E-state index is 13.8. The summed E-state index contributed by atoms with van der Waals surface area (Å²) in [6, 6.07) is 10.9. The summed E-state index contributed by atoms with van der Waals surface area (Å²) in [7, 11) is 0. The molecular formula is C15H12FN3O. The molecule has 4 nitrogen and oxygen atoms in total. The summed E-state index contributed by atoms with van der Waals surface area (Å²) >= 11 is 0. The highest BCUT2D eigenvalue weighted by atomic mass is 19.1. The van der Waals surface area contributed by atoms with Crippen LogP contribution in [0.25, 0.3) is 10.8 Å². The minimum absolute atomic E-state index is 0.173. The lowest BCUT2D eigenvalue weighted by molar-refractivity contribution is 0.475. The van der Waals surface area contributed by atoms with Crippen LogP contribution in [0, 0.1) is 5.82 Å². The number of nitrogens with two attached hydrogens (primary N) is 1. The number of hydrogen-bond acceptors (Lipinski definition) is 4. The highest BCUT2D eigenvalue weighted by Crippen LogP contribution is 2.31. The van der Waals surface area contributed by atoms with Crippen molar-refractivity contribution in [1.82, 2.24) is 4.98 Å². The van der Waals surface area contributed by atoms with E-state index in [1.165, 1.54) is 18.3 Å². The fourth-order valence-electron chi connectivity index (χ4n) is 2.07. The lowest BCUT2D eigenvalue weighted by Gasteiger charge is -2.11. The van der Waals surface area contributed by atoms with Crippen LogP contribution >= 0.6 is 0 Å². The molecule has 0 aliphatic heterocycles. The molecule has 1 heterocycles. The molecule has 4 N–H and O–H groups in total. The number of hydrogen-bond donors (Lipinski definition) is 3. The Morgan fingerprint density at radius 3 is 2.55 bits per heavy atom. The number of benzene rings is 2. The first-order valence-corrected chi connectivity index (χ1v) is 6.04. The first-order chi connectivity index (χ1) is 9.65. The Labute approximate surface area is 114 Å². The van der Waals surface area contributed by atoms with Gasteiger partial charge in [-0.3, -0.25) is 0 Å². The number of halogens is 1. The molecule has 0 saturated carbocycles. The van der Waals surface area contributed by atoms with E-state index in [1.807, 2.05) is 0 Å². The van der Waals surface area contributed by atoms with Crippen LogP contribution in [0.4, 0.5) is 21.6 Å². The molecule has 0 atom stereocenters. The molecule has 3 aromatic rings. The monoisotopic (exact) mass is 269 g/mol. The van der Waals surface area contributed by atoms with Crippen molar-refractivity contribution in [2.24, 2.45) is 0 Å². The summed E-state index contributed by atoms with van der Waals surface area (Å²) in [5, 5.41) is 13.3. The van der Waals surface area contributed by atoms with Gasteiger partial charge in [-0.15, -0.1) is 0 Å². The number of nitrogens with zero attached hydrogens (tertiary/aromatic N) is 1. The van der Waals surface area contributed by atoms with Gasteiger partial charge in [0, 0.05) is 23.0 Å². The topological polar surface area (TPSA) is 71.2 Å². The Morgan fingerprint density at radius 2 is 1.80 bits per heavy atom. The molecule has 3 rings (SSSR count). The Kier molecular flexibility index (Phi) is 2.87. The van der Waals surface area contributed by atoms with E-state index in [-0.39, 0.29) is 11.6 Å². The molecule has 1 aromatic heterocycles. The molecule has 0 spiro atoms. The highest BCUT2D eigenvalue weighted by molar-refractivity contribution is 6.01. The van der Waals surface area contributed by atoms with Crippen molar-refractivity contribution >= 4 is 28.0 Å². The second-order valence-corrected chi connectivity index (χ2v) is 4.39. The number of rotatable bonds is 2. The van der Waals surface area contributed by atoms with Crippen LogP contribution in [-0.4, -0.2) is 10.1 Å². The van der Waals surface area contributed by atoms with Crippen molar-refractivity contribution in [3.63, 3.8) is 0 Å². The normalized spacial score (nSPS) is 10.7. The van der Waals surface area contributed by atoms with Gasteiger partial charge in [0.2, 0.25) is 0 Å². The van der Waals surface area contributed by atoms with Crippen LogP contribution in [0.15, 0.2) is 48.7 Å². The number of aromatic nitrogens is 1. The van der Waals surface area contributed by atoms with Gasteiger partial charge in [-0.05, 0) is 42.5 Å². The molecule has 0 aliphatic carbocycles. The van der Waals surface area contributed by atoms with Crippen molar-refractivity contribution < 1.29 is 9.50 Å². The van der Waals surface area contributed by atoms with Gasteiger partial charge in [0.25, 0.3) is 0 Å². The predicted octanol–water partition coefficient (Wildman–Crippen LogP) is 3.41. The van der Waals surface area contributed by atoms with E-state index in [2.05, 4.69) is 10.3 Å². The predicted molar refractivity (Wildman–Crippen MR) is 77.5 cm³/mol. The van der Waals surface area contributed by atoms with Crippen LogP contribution < -0.4 is 11.1 Å². The van der Waals surface area contributed by atoms with Crippen LogP contribution in [0.2, 0.25) is 0 Å². The summed E-state index contributed by atoms with van der Waals surface area (Å²) in [4.78, 5) is 4.21. The van der Waals surface area contributed by atoms with Gasteiger partial charge in [0.05, 0.1) is 5.39 Å². The number of aromatic hydroxyl groups is 1. The second kappa shape index (κ2) is 4.70. The maximum Gasteiger partial charge on any atom is 0.140 e. The molecule has 0 bridgehead atoms. The smallest absolute Gasteiger partial charge is 0.140 e. The average molecular weight is 269 g/mol. The van der Waals surface area contributed by atoms with Crippen LogP contribution in [0.5, 0.6) is 5.75 Å². The molecule has 0 aliphatic rings. The lowest BCUT2D eigenvalue weighted by atomic mass is 10.1. The quantitative estimate of drug-likeness (QED) is 0.492. The van der Waals surface area contributed by atoms with Gasteiger partial charge in [-0.2, -0.15) is 0 Å². The van der Waals surface area contributed by atoms with Gasteiger partial charge < -0.3 is 16.2 Å². The number of phenols is 1. The van der Waals surface area contributed by atoms with Crippen LogP contribution in [0.3, 0.4) is 0 Å². The minimum atomic E-state index is -0.342. The number of phenolic OH excluding ortho intramolecular Hbond substituents is 1. The van der Waals surface area contributed by atoms with E-state index >= 15 is 0 Å². The SMILES string of the molecule is Nc1ccc(F)c2ccnc(Nc3ccc(O)cc3)c12. The number of nitrogens with one attached hydrogen (secondary N) is 1. The van der Waals surface area contributed by atoms with Crippen molar-refractivity contribution in [1.29, 1.82) is 0 Å². The van der Waals surface area contributed by atoms with E-state index < -0.39 is 0 Å². The van der Waals surface area contributed by atoms with E-state index in [0.717, 1.165) is 5.69 Å². The van der Waals surface area contributed by atoms with Gasteiger partial charge in [0.15, 0.2) is 0 Å². The summed E-state index contributed by atoms with van der Waals surface area (Å²) in [5.74, 6) is 0.308. The van der Waals surface area contributed by atoms with Gasteiger partial charge in [-0.25, -0.2) is 9.37 Å². The number of pyridine rings is 1. The Morgan fingerprint density at radius 1 is 1.05 bits per heavy atom. The highest BCUT2D eigenvalue weighted by Gasteiger charge is 2.09. The first-order valence-electron chi connectivity index (χ1n) is 6.04. The fourth-order valence-corrected chi connectivity index (χ4v) is 2.07. The van der Waals surface area contributed by atoms with E-state index in [4.69, 9.17) is 5.73 Å². The minimum Gasteiger partial charge on any atom is -0.508 e. The largest absolute Gasteiger partial charge is 0.508 e. The molecule has 0 unspecified atom stereocenters. The molecule has 0 fully saturated rings. The maximum atomic E-state index is 13.8. The standard InChI is InChI=1S/C15H12FN3O/c16-12-5-6-13(17)14-11(12)7-8-18-15(14)19-9-1-3-10(20)4-2-9/h1-8,20H,17H2,(H,18,19). The molecule has 100 valence electrons. The molecular weight excluding hydrogens is 257 g/mol. The number of nitrogen functional groups attached to an aromatic ring is 1. The zero-order valence-electron chi connectivity index (χ0n) is 10.5. The molecule has 5 heteroatoms. The molecule has 2 aromatic carbocycles. The third kappa shape index (κ3) is 2.09. The molecule has 0 radical (unpaired) electrons. The van der Waals surface area contributed by atoms with E-state index in [0.29, 0.717) is 22.3 Å². The van der Waals surface area contributed by atoms with Crippen molar-refractivity contribution in [3.05, 3.63) is 54.5 Å². The van der Waals surface area contributed by atoms with Crippen molar-refractivity contribution in [3.8, 4) is 5.75 Å². The van der Waals surface area contributed by atoms with Gasteiger partial charge >= 0.3 is 0 Å². The molecule has 20 heavy (non-hydrogen) atoms. The summed E-state index contributed by atoms with van der Waals surface area (Å²) < 4.78 is 13.8. The third-order valence-corrected chi connectivity index (χ3v) is 3.04. The number of fused-ring (bicyclic) bond motifs is 1. The van der Waals surface area contributed by atoms with E-state index in [9.17, 15) is 9.50 Å². The zero-order chi connectivity index (χ0) is 14.1. The molecule has 0 amide bonds. The average Bonchev–Trinajstić information content (AvgIpc) is 2.46. The van der Waals surface area contributed by atoms with Crippen molar-refractivity contribution in [2.45, 2.75) is 0 Å². The Balaban J connectivity index is 2.12. The Bertz CT molecular complexity index is 772. The zero-order valence-corrected chi connectivity index (χ0v) is 10.5. The van der Waals surface area contributed by atoms with Gasteiger partial charge in [0.1, 0.15) is 17.4 Å². The van der Waals surface area contributed by atoms with Crippen LogP contribution in [0.1, 0.15) is 0 Å². The Hall–Kier alpha value is -2.82. The van der Waals surface area contributed by atoms with E-state index in [1.54, 1.807) is 30.3 Å². The summed E-state index contributed by atoms with van der Waals surface area (Å²) in [6.45, 7) is 0. The fraction of sp³-hybridized carbons (Fsp3) is 0. The second-order valence-electron chi connectivity index (χ2n) is 4.39.